The van der Waals surface area contributed by atoms with Crippen LogP contribution in [0.1, 0.15) is 29.1 Å². The van der Waals surface area contributed by atoms with E-state index in [1.165, 1.54) is 0 Å². The summed E-state index contributed by atoms with van der Waals surface area (Å²) >= 11 is 0. The second-order valence-corrected chi connectivity index (χ2v) is 8.14. The maximum atomic E-state index is 12.8. The Balaban J connectivity index is 1.78. The molecule has 5 rings (SSSR count). The molecule has 0 amide bonds. The van der Waals surface area contributed by atoms with Gasteiger partial charge in [-0.1, -0.05) is 12.1 Å². The monoisotopic (exact) mass is 416 g/mol. The lowest BCUT2D eigenvalue weighted by atomic mass is 9.68. The Kier molecular flexibility index (Phi) is 4.33. The fourth-order valence-electron chi connectivity index (χ4n) is 4.96. The minimum atomic E-state index is -0.906. The minimum absolute atomic E-state index is 0.175. The molecule has 1 N–H and O–H groups in total. The molecule has 156 valence electrons. The molecule has 0 aliphatic heterocycles. The standard InChI is InChI=1S/C24H21FN4O2/c1-14-27-19-8-9-24(12-26,11-17(19)23(30)28-14)18-4-3-5-21-22(18)16-10-15(31-13-25)6-7-20(16)29(21)2/h3-7,10H,8-9,11,13H2,1-2H3,(H,27,28,30). The van der Waals surface area contributed by atoms with Crippen LogP contribution in [0.4, 0.5) is 4.39 Å². The zero-order chi connectivity index (χ0) is 21.8. The van der Waals surface area contributed by atoms with Crippen molar-refractivity contribution >= 4 is 21.8 Å². The van der Waals surface area contributed by atoms with Crippen molar-refractivity contribution in [2.45, 2.75) is 31.6 Å². The average molecular weight is 416 g/mol. The van der Waals surface area contributed by atoms with E-state index in [0.29, 0.717) is 36.4 Å². The maximum absolute atomic E-state index is 12.8. The van der Waals surface area contributed by atoms with E-state index in [-0.39, 0.29) is 5.56 Å². The van der Waals surface area contributed by atoms with Crippen LogP contribution in [0.3, 0.4) is 0 Å². The number of alkyl halides is 1. The molecule has 0 bridgehead atoms. The third-order valence-electron chi connectivity index (χ3n) is 6.44. The first-order valence-corrected chi connectivity index (χ1v) is 10.2. The molecule has 4 aromatic rings. The molecular formula is C24H21FN4O2. The molecule has 1 atom stereocenters. The summed E-state index contributed by atoms with van der Waals surface area (Å²) in [5, 5.41) is 12.2. The largest absolute Gasteiger partial charge is 0.463 e. The number of nitrogens with zero attached hydrogens (tertiary/aromatic N) is 3. The Labute approximate surface area is 177 Å². The summed E-state index contributed by atoms with van der Waals surface area (Å²) in [6, 6.07) is 13.9. The molecule has 0 fully saturated rings. The van der Waals surface area contributed by atoms with E-state index in [2.05, 4.69) is 20.6 Å². The Hall–Kier alpha value is -3.66. The van der Waals surface area contributed by atoms with Crippen molar-refractivity contribution in [3.63, 3.8) is 0 Å². The maximum Gasteiger partial charge on any atom is 0.254 e. The summed E-state index contributed by atoms with van der Waals surface area (Å²) in [7, 11) is 1.97. The van der Waals surface area contributed by atoms with Gasteiger partial charge in [0.2, 0.25) is 6.86 Å². The van der Waals surface area contributed by atoms with Crippen molar-refractivity contribution in [2.24, 2.45) is 7.05 Å². The third-order valence-corrected chi connectivity index (χ3v) is 6.44. The summed E-state index contributed by atoms with van der Waals surface area (Å²) in [6.07, 6.45) is 1.44. The van der Waals surface area contributed by atoms with Gasteiger partial charge in [0.15, 0.2) is 0 Å². The van der Waals surface area contributed by atoms with E-state index in [4.69, 9.17) is 4.74 Å². The zero-order valence-electron chi connectivity index (χ0n) is 17.3. The predicted octanol–water partition coefficient (Wildman–Crippen LogP) is 3.98. The number of ether oxygens (including phenoxy) is 1. The number of benzene rings is 2. The van der Waals surface area contributed by atoms with Crippen LogP contribution >= 0.6 is 0 Å². The molecule has 6 nitrogen and oxygen atoms in total. The van der Waals surface area contributed by atoms with Gasteiger partial charge in [0.1, 0.15) is 11.6 Å². The van der Waals surface area contributed by atoms with Crippen molar-refractivity contribution in [3.05, 3.63) is 69.4 Å². The normalized spacial score (nSPS) is 18.1. The molecule has 1 aliphatic rings. The lowest BCUT2D eigenvalue weighted by molar-refractivity contribution is 0.192. The number of hydrogen-bond donors (Lipinski definition) is 1. The van der Waals surface area contributed by atoms with Gasteiger partial charge < -0.3 is 14.3 Å². The van der Waals surface area contributed by atoms with E-state index < -0.39 is 12.3 Å². The highest BCUT2D eigenvalue weighted by Crippen LogP contribution is 2.43. The molecule has 2 heterocycles. The number of aromatic amines is 1. The lowest BCUT2D eigenvalue weighted by Crippen LogP contribution is -2.36. The van der Waals surface area contributed by atoms with Gasteiger partial charge in [-0.25, -0.2) is 9.37 Å². The number of nitrogens with one attached hydrogen (secondary N) is 1. The molecule has 0 saturated carbocycles. The Morgan fingerprint density at radius 2 is 2.16 bits per heavy atom. The zero-order valence-corrected chi connectivity index (χ0v) is 17.3. The van der Waals surface area contributed by atoms with Crippen LogP contribution in [0.25, 0.3) is 21.8 Å². The number of halogens is 1. The van der Waals surface area contributed by atoms with Crippen LogP contribution < -0.4 is 10.3 Å². The van der Waals surface area contributed by atoms with Gasteiger partial charge in [0.25, 0.3) is 5.56 Å². The molecule has 7 heteroatoms. The first-order chi connectivity index (χ1) is 15.0. The van der Waals surface area contributed by atoms with Crippen LogP contribution in [0.2, 0.25) is 0 Å². The Morgan fingerprint density at radius 1 is 1.32 bits per heavy atom. The van der Waals surface area contributed by atoms with E-state index >= 15 is 0 Å². The van der Waals surface area contributed by atoms with E-state index in [0.717, 1.165) is 33.1 Å². The lowest BCUT2D eigenvalue weighted by Gasteiger charge is -2.32. The summed E-state index contributed by atoms with van der Waals surface area (Å²) in [4.78, 5) is 19.9. The molecule has 2 aromatic heterocycles. The van der Waals surface area contributed by atoms with Gasteiger partial charge >= 0.3 is 0 Å². The number of hydrogen-bond acceptors (Lipinski definition) is 4. The second kappa shape index (κ2) is 6.95. The number of aryl methyl sites for hydroxylation is 3. The molecule has 2 aromatic carbocycles. The minimum Gasteiger partial charge on any atom is -0.463 e. The Bertz CT molecular complexity index is 1450. The highest BCUT2D eigenvalue weighted by atomic mass is 19.1. The smallest absolute Gasteiger partial charge is 0.254 e. The number of rotatable bonds is 3. The molecule has 0 radical (unpaired) electrons. The molecular weight excluding hydrogens is 395 g/mol. The highest BCUT2D eigenvalue weighted by Gasteiger charge is 2.40. The van der Waals surface area contributed by atoms with Crippen molar-refractivity contribution in [1.82, 2.24) is 14.5 Å². The average Bonchev–Trinajstić information content (AvgIpc) is 3.06. The molecule has 0 spiro atoms. The topological polar surface area (TPSA) is 83.7 Å². The van der Waals surface area contributed by atoms with Gasteiger partial charge in [-0.2, -0.15) is 5.26 Å². The van der Waals surface area contributed by atoms with Gasteiger partial charge in [-0.3, -0.25) is 4.79 Å². The van der Waals surface area contributed by atoms with Gasteiger partial charge in [0.05, 0.1) is 17.2 Å². The van der Waals surface area contributed by atoms with Crippen molar-refractivity contribution < 1.29 is 9.13 Å². The molecule has 1 unspecified atom stereocenters. The third kappa shape index (κ3) is 2.82. The van der Waals surface area contributed by atoms with Gasteiger partial charge in [-0.05, 0) is 49.6 Å². The molecule has 0 saturated heterocycles. The second-order valence-electron chi connectivity index (χ2n) is 8.14. The van der Waals surface area contributed by atoms with Crippen molar-refractivity contribution in [2.75, 3.05) is 6.86 Å². The Morgan fingerprint density at radius 3 is 2.94 bits per heavy atom. The summed E-state index contributed by atoms with van der Waals surface area (Å²) in [5.41, 5.74) is 3.13. The van der Waals surface area contributed by atoms with Crippen LogP contribution in [0, 0.1) is 18.3 Å². The quantitative estimate of drug-likeness (QED) is 0.548. The van der Waals surface area contributed by atoms with E-state index in [1.54, 1.807) is 13.0 Å². The van der Waals surface area contributed by atoms with E-state index in [1.807, 2.05) is 37.4 Å². The SMILES string of the molecule is Cc1nc2c(c(=O)[nH]1)CC(C#N)(c1cccc3c1c1cc(OCF)ccc1n3C)CC2. The molecule has 31 heavy (non-hydrogen) atoms. The first kappa shape index (κ1) is 19.3. The predicted molar refractivity (Wildman–Crippen MR) is 116 cm³/mol. The summed E-state index contributed by atoms with van der Waals surface area (Å²) in [6.45, 7) is 0.860. The van der Waals surface area contributed by atoms with Crippen molar-refractivity contribution in [3.8, 4) is 11.8 Å². The van der Waals surface area contributed by atoms with Gasteiger partial charge in [0, 0.05) is 40.8 Å². The van der Waals surface area contributed by atoms with E-state index in [9.17, 15) is 14.4 Å². The molecule has 1 aliphatic carbocycles. The number of fused-ring (bicyclic) bond motifs is 4. The number of H-pyrrole nitrogens is 1. The van der Waals surface area contributed by atoms with Crippen LogP contribution in [-0.4, -0.2) is 21.4 Å². The fraction of sp³-hybridized carbons (Fsp3) is 0.292. The van der Waals surface area contributed by atoms with Gasteiger partial charge in [-0.15, -0.1) is 0 Å². The fourth-order valence-corrected chi connectivity index (χ4v) is 4.96. The van der Waals surface area contributed by atoms with Crippen molar-refractivity contribution in [1.29, 1.82) is 5.26 Å². The van der Waals surface area contributed by atoms with Crippen LogP contribution in [0.15, 0.2) is 41.2 Å². The summed E-state index contributed by atoms with van der Waals surface area (Å²) in [5.74, 6) is 1.03. The van der Waals surface area contributed by atoms with Crippen LogP contribution in [-0.2, 0) is 25.3 Å². The summed E-state index contributed by atoms with van der Waals surface area (Å²) < 4.78 is 19.9. The first-order valence-electron chi connectivity index (χ1n) is 10.2. The number of aromatic nitrogens is 3. The van der Waals surface area contributed by atoms with Crippen LogP contribution in [0.5, 0.6) is 5.75 Å². The highest BCUT2D eigenvalue weighted by molar-refractivity contribution is 6.10. The number of nitriles is 1.